The molecular weight excluding hydrogens is 1110 g/mol. The normalized spacial score (nSPS) is 50.1. The second kappa shape index (κ2) is 23.1. The molecule has 0 amide bonds. The summed E-state index contributed by atoms with van der Waals surface area (Å²) < 4.78 is 104. The van der Waals surface area contributed by atoms with Gasteiger partial charge in [-0.15, -0.1) is 0 Å². The Kier molecular flexibility index (Phi) is 18.0. The van der Waals surface area contributed by atoms with Crippen molar-refractivity contribution >= 4 is 22.3 Å². The predicted molar refractivity (Wildman–Crippen MR) is 277 cm³/mol. The van der Waals surface area contributed by atoms with Gasteiger partial charge < -0.3 is 98.1 Å². The van der Waals surface area contributed by atoms with Crippen LogP contribution in [0.2, 0.25) is 0 Å². The van der Waals surface area contributed by atoms with Gasteiger partial charge in [0.2, 0.25) is 0 Å². The van der Waals surface area contributed by atoms with Crippen molar-refractivity contribution in [2.45, 2.75) is 235 Å². The molecule has 466 valence electrons. The van der Waals surface area contributed by atoms with E-state index in [1.165, 1.54) is 21.0 Å². The van der Waals surface area contributed by atoms with Crippen LogP contribution < -0.4 is 0 Å². The van der Waals surface area contributed by atoms with Crippen LogP contribution in [0.25, 0.3) is 0 Å². The number of rotatable bonds is 15. The zero-order valence-electron chi connectivity index (χ0n) is 47.8. The first-order valence-corrected chi connectivity index (χ1v) is 29.5. The number of hydrogen-bond acceptors (Lipinski definition) is 25. The second-order valence-corrected chi connectivity index (χ2v) is 26.4. The number of esters is 2. The third kappa shape index (κ3) is 10.5. The van der Waals surface area contributed by atoms with E-state index in [4.69, 9.17) is 56.3 Å². The first-order valence-electron chi connectivity index (χ1n) is 28.1. The van der Waals surface area contributed by atoms with E-state index in [0.29, 0.717) is 25.7 Å². The van der Waals surface area contributed by atoms with E-state index in [1.54, 1.807) is 19.1 Å². The number of fused-ring (bicyclic) bond motifs is 4. The summed E-state index contributed by atoms with van der Waals surface area (Å²) in [6, 6.07) is 0. The minimum atomic E-state index is -5.18. The number of aliphatic hydroxyl groups excluding tert-OH is 8. The summed E-state index contributed by atoms with van der Waals surface area (Å²) in [5, 5.41) is 102. The maximum atomic E-state index is 14.7. The van der Waals surface area contributed by atoms with Gasteiger partial charge in [0.25, 0.3) is 0 Å². The number of allylic oxidation sites excluding steroid dienone is 5. The first kappa shape index (κ1) is 63.8. The monoisotopic (exact) mass is 1190 g/mol. The summed E-state index contributed by atoms with van der Waals surface area (Å²) in [4.78, 5) is 27.4. The van der Waals surface area contributed by atoms with Crippen LogP contribution in [0.15, 0.2) is 35.5 Å². The van der Waals surface area contributed by atoms with Crippen molar-refractivity contribution in [2.24, 2.45) is 33.5 Å². The van der Waals surface area contributed by atoms with Gasteiger partial charge in [-0.25, -0.2) is 4.18 Å². The maximum Gasteiger partial charge on any atom is 0.397 e. The predicted octanol–water partition coefficient (Wildman–Crippen LogP) is -0.489. The molecule has 82 heavy (non-hydrogen) atoms. The molecule has 5 aliphatic heterocycles. The average molecular weight is 1190 g/mol. The standard InChI is InChI=1S/C55H84O26S/c1-24(2)12-11-17-53(9)55(66)34(74-26(4)57)20-52(8)28-13-14-32-50(5,6)33(16-18-51(32,7)27(28)15-19-54(52,55)49(65)80-53)76-48-44(36(60)31(23-72-48)81-82(67,68)69)79-46-38(62)37(61)41(25(3)73-46)77-45-39(63)42(29(58)22-71-45)78-47-40(64)43(70-10)35(59)30(21-56)75-47/h11-13,17,25,27,29-48,56,58-64,66H,14-16,18-23H2,1-10H3,(H,67,68,69)/b17-11-/t25?,27-,29-,30?,31-,32+,33+,34+,35-,36?,37?,38?,39?,40?,41-,42?,43?,44?,45+,46+,47+,48+,51-,52+,53+,54-,55+/m1/s1. The molecule has 27 heteroatoms. The molecule has 0 radical (unpaired) electrons. The molecule has 3 saturated carbocycles. The molecule has 4 aliphatic carbocycles. The van der Waals surface area contributed by atoms with E-state index in [-0.39, 0.29) is 24.7 Å². The molecule has 5 saturated heterocycles. The van der Waals surface area contributed by atoms with E-state index in [0.717, 1.165) is 11.1 Å². The Balaban J connectivity index is 0.919. The van der Waals surface area contributed by atoms with Crippen LogP contribution in [0.1, 0.15) is 101 Å². The van der Waals surface area contributed by atoms with Gasteiger partial charge in [-0.05, 0) is 95.0 Å². The molecule has 27 atom stereocenters. The van der Waals surface area contributed by atoms with Gasteiger partial charge in [-0.1, -0.05) is 57.1 Å². The fourth-order valence-electron chi connectivity index (χ4n) is 15.9. The first-order chi connectivity index (χ1) is 38.2. The topological polar surface area (TPSA) is 381 Å². The summed E-state index contributed by atoms with van der Waals surface area (Å²) in [5.41, 5.74) is -5.06. The van der Waals surface area contributed by atoms with Crippen molar-refractivity contribution in [1.29, 1.82) is 0 Å². The van der Waals surface area contributed by atoms with Crippen molar-refractivity contribution < 1.29 is 125 Å². The summed E-state index contributed by atoms with van der Waals surface area (Å²) >= 11 is 0. The Morgan fingerprint density at radius 3 is 2.06 bits per heavy atom. The van der Waals surface area contributed by atoms with E-state index < -0.39 is 198 Å². The molecule has 1 spiro atoms. The van der Waals surface area contributed by atoms with Crippen molar-refractivity contribution in [2.75, 3.05) is 26.9 Å². The van der Waals surface area contributed by atoms with Gasteiger partial charge >= 0.3 is 22.3 Å². The molecule has 10 N–H and O–H groups in total. The Morgan fingerprint density at radius 2 is 1.41 bits per heavy atom. The molecule has 10 unspecified atom stereocenters. The molecule has 26 nitrogen and oxygen atoms in total. The number of ether oxygens (including phenoxy) is 11. The lowest BCUT2D eigenvalue weighted by atomic mass is 9.40. The zero-order valence-corrected chi connectivity index (χ0v) is 48.6. The lowest BCUT2D eigenvalue weighted by Gasteiger charge is -2.64. The van der Waals surface area contributed by atoms with Gasteiger partial charge in [0.1, 0.15) is 90.9 Å². The number of carbonyl (C=O) groups is 2. The largest absolute Gasteiger partial charge is 0.459 e. The Hall–Kier alpha value is -2.69. The van der Waals surface area contributed by atoms with E-state index >= 15 is 0 Å². The zero-order chi connectivity index (χ0) is 60.2. The molecule has 9 aliphatic rings. The molecule has 0 aromatic heterocycles. The summed E-state index contributed by atoms with van der Waals surface area (Å²) in [5.74, 6) is -1.34. The minimum absolute atomic E-state index is 0.0953. The maximum absolute atomic E-state index is 14.7. The van der Waals surface area contributed by atoms with Gasteiger partial charge in [-0.2, -0.15) is 8.42 Å². The highest BCUT2D eigenvalue weighted by Crippen LogP contribution is 2.77. The van der Waals surface area contributed by atoms with Crippen molar-refractivity contribution in [3.8, 4) is 0 Å². The molecule has 0 bridgehead atoms. The third-order valence-electron chi connectivity index (χ3n) is 20.0. The highest BCUT2D eigenvalue weighted by molar-refractivity contribution is 7.80. The number of aliphatic hydroxyl groups is 9. The van der Waals surface area contributed by atoms with Crippen molar-refractivity contribution in [3.63, 3.8) is 0 Å². The van der Waals surface area contributed by atoms with Gasteiger partial charge in [0.05, 0.1) is 32.0 Å². The summed E-state index contributed by atoms with van der Waals surface area (Å²) in [6.07, 6.45) is -21.2. The van der Waals surface area contributed by atoms with Gasteiger partial charge in [0, 0.05) is 19.4 Å². The van der Waals surface area contributed by atoms with Crippen LogP contribution in [-0.2, 0) is 76.3 Å². The van der Waals surface area contributed by atoms with Crippen LogP contribution in [-0.4, -0.2) is 232 Å². The van der Waals surface area contributed by atoms with Gasteiger partial charge in [0.15, 0.2) is 36.4 Å². The Morgan fingerprint density at radius 1 is 0.768 bits per heavy atom. The minimum Gasteiger partial charge on any atom is -0.459 e. The lowest BCUT2D eigenvalue weighted by molar-refractivity contribution is -0.382. The van der Waals surface area contributed by atoms with Crippen LogP contribution in [0.5, 0.6) is 0 Å². The molecule has 5 heterocycles. The Labute approximate surface area is 476 Å². The van der Waals surface area contributed by atoms with Crippen LogP contribution in [0, 0.1) is 33.5 Å². The second-order valence-electron chi connectivity index (χ2n) is 25.3. The lowest BCUT2D eigenvalue weighted by Crippen LogP contribution is -2.66. The van der Waals surface area contributed by atoms with E-state index in [9.17, 15) is 68.5 Å². The fraction of sp³-hybridized carbons (Fsp3) is 0.855. The number of carbonyl (C=O) groups excluding carboxylic acids is 2. The van der Waals surface area contributed by atoms with E-state index in [2.05, 4.69) is 13.0 Å². The quantitative estimate of drug-likeness (QED) is 0.0428. The molecule has 0 aromatic rings. The highest BCUT2D eigenvalue weighted by Gasteiger charge is 2.87. The number of cyclic esters (lactones) is 1. The highest BCUT2D eigenvalue weighted by atomic mass is 32.3. The third-order valence-corrected chi connectivity index (χ3v) is 20.5. The molecule has 9 rings (SSSR count). The average Bonchev–Trinajstić information content (AvgIpc) is 1.91. The Bertz CT molecular complexity index is 2560. The number of hydrogen-bond donors (Lipinski definition) is 10. The van der Waals surface area contributed by atoms with E-state index in [1.807, 2.05) is 40.7 Å². The molecule has 0 aromatic carbocycles. The van der Waals surface area contributed by atoms with Crippen molar-refractivity contribution in [3.05, 3.63) is 35.5 Å². The summed E-state index contributed by atoms with van der Waals surface area (Å²) in [7, 11) is -3.98. The van der Waals surface area contributed by atoms with Crippen molar-refractivity contribution in [1.82, 2.24) is 0 Å². The van der Waals surface area contributed by atoms with Crippen LogP contribution in [0.4, 0.5) is 0 Å². The smallest absolute Gasteiger partial charge is 0.397 e. The summed E-state index contributed by atoms with van der Waals surface area (Å²) in [6.45, 7) is 14.7. The number of methoxy groups -OCH3 is 1. The fourth-order valence-corrected chi connectivity index (χ4v) is 16.4. The van der Waals surface area contributed by atoms with Crippen LogP contribution in [0.3, 0.4) is 0 Å². The SMILES string of the molecule is COC1C(O)[C@H](OC2C(O)[C@H](O[C@@H]3C(C)O[C@@H](OC4C(O)[C@H](OS(=O)(=O)O)CO[C@H]4O[C@H]4CC[C@]5(C)[C@@H]6CC[C@]78C(=O)O[C@@](C)(/C=C\C=C(C)C)[C@@]7(O)[C@@H](OC(C)=O)C[C@@]8(C)C6=CC[C@H]5C4(C)C)C(O)C3O)OC[C@H]2O)OC(CO)[C@H]1O. The van der Waals surface area contributed by atoms with Gasteiger partial charge in [-0.3, -0.25) is 14.1 Å². The molecule has 8 fully saturated rings. The molecular formula is C55H84O26S. The van der Waals surface area contributed by atoms with Crippen LogP contribution >= 0.6 is 0 Å².